The number of pyridine rings is 1. The average Bonchev–Trinajstić information content (AvgIpc) is 3.01. The molecule has 3 rings (SSSR count). The maximum atomic E-state index is 11.9. The highest BCUT2D eigenvalue weighted by molar-refractivity contribution is 5.95. The van der Waals surface area contributed by atoms with Gasteiger partial charge >= 0.3 is 0 Å². The Bertz CT molecular complexity index is 780. The van der Waals surface area contributed by atoms with Gasteiger partial charge in [0, 0.05) is 30.2 Å². The van der Waals surface area contributed by atoms with Crippen LogP contribution < -0.4 is 10.6 Å². The van der Waals surface area contributed by atoms with Crippen LogP contribution in [0, 0.1) is 0 Å². The molecule has 0 saturated carbocycles. The number of benzene rings is 1. The van der Waals surface area contributed by atoms with Crippen molar-refractivity contribution in [1.82, 2.24) is 14.7 Å². The van der Waals surface area contributed by atoms with Crippen LogP contribution in [-0.4, -0.2) is 33.6 Å². The van der Waals surface area contributed by atoms with Gasteiger partial charge in [0.25, 0.3) is 5.91 Å². The van der Waals surface area contributed by atoms with E-state index >= 15 is 0 Å². The molecule has 2 aromatic heterocycles. The van der Waals surface area contributed by atoms with Crippen molar-refractivity contribution in [3.8, 4) is 0 Å². The van der Waals surface area contributed by atoms with Crippen LogP contribution in [0.2, 0.25) is 0 Å². The van der Waals surface area contributed by atoms with Crippen LogP contribution in [0.25, 0.3) is 5.65 Å². The number of nitrogens with one attached hydrogen (secondary N) is 2. The van der Waals surface area contributed by atoms with E-state index in [2.05, 4.69) is 15.6 Å². The number of nitrogens with zero attached hydrogens (tertiary/aromatic N) is 2. The van der Waals surface area contributed by atoms with E-state index in [-0.39, 0.29) is 19.1 Å². The standard InChI is InChI=1S/C17H18N4O2/c22-9-7-18-17(23)13-4-3-5-14(10-13)19-11-15-12-21-8-2-1-6-16(21)20-15/h1-6,8,10,12,19,22H,7,9,11H2,(H,18,23). The molecule has 3 aromatic rings. The number of aliphatic hydroxyl groups excluding tert-OH is 1. The monoisotopic (exact) mass is 310 g/mol. The topological polar surface area (TPSA) is 78.7 Å². The van der Waals surface area contributed by atoms with Gasteiger partial charge in [0.1, 0.15) is 5.65 Å². The SMILES string of the molecule is O=C(NCCO)c1cccc(NCc2cn3ccccc3n2)c1. The molecule has 0 bridgehead atoms. The molecule has 2 heterocycles. The number of amides is 1. The third-order valence-corrected chi connectivity index (χ3v) is 3.41. The Morgan fingerprint density at radius 2 is 2.13 bits per heavy atom. The molecule has 6 heteroatoms. The summed E-state index contributed by atoms with van der Waals surface area (Å²) in [6.45, 7) is 0.749. The van der Waals surface area contributed by atoms with Crippen molar-refractivity contribution in [1.29, 1.82) is 0 Å². The molecule has 0 aliphatic heterocycles. The van der Waals surface area contributed by atoms with Gasteiger partial charge in [-0.2, -0.15) is 0 Å². The molecule has 0 fully saturated rings. The Kier molecular flexibility index (Phi) is 4.54. The summed E-state index contributed by atoms with van der Waals surface area (Å²) in [7, 11) is 0. The van der Waals surface area contributed by atoms with Gasteiger partial charge in [0.15, 0.2) is 0 Å². The van der Waals surface area contributed by atoms with E-state index in [0.717, 1.165) is 17.0 Å². The highest BCUT2D eigenvalue weighted by Gasteiger charge is 2.06. The van der Waals surface area contributed by atoms with Crippen LogP contribution in [0.5, 0.6) is 0 Å². The Labute approximate surface area is 133 Å². The van der Waals surface area contributed by atoms with Crippen LogP contribution in [-0.2, 0) is 6.54 Å². The van der Waals surface area contributed by atoms with Gasteiger partial charge in [0.2, 0.25) is 0 Å². The number of hydrogen-bond donors (Lipinski definition) is 3. The van der Waals surface area contributed by atoms with Crippen LogP contribution in [0.15, 0.2) is 54.9 Å². The highest BCUT2D eigenvalue weighted by Crippen LogP contribution is 2.12. The fourth-order valence-corrected chi connectivity index (χ4v) is 2.31. The first-order chi connectivity index (χ1) is 11.3. The molecule has 3 N–H and O–H groups in total. The van der Waals surface area contributed by atoms with Gasteiger partial charge in [-0.25, -0.2) is 4.98 Å². The summed E-state index contributed by atoms with van der Waals surface area (Å²) in [5, 5.41) is 14.7. The summed E-state index contributed by atoms with van der Waals surface area (Å²) in [6.07, 6.45) is 3.93. The zero-order valence-electron chi connectivity index (χ0n) is 12.6. The van der Waals surface area contributed by atoms with Crippen molar-refractivity contribution < 1.29 is 9.90 Å². The predicted molar refractivity (Wildman–Crippen MR) is 88.4 cm³/mol. The first-order valence-electron chi connectivity index (χ1n) is 7.42. The molecule has 6 nitrogen and oxygen atoms in total. The van der Waals surface area contributed by atoms with E-state index in [4.69, 9.17) is 5.11 Å². The number of carbonyl (C=O) groups is 1. The summed E-state index contributed by atoms with van der Waals surface area (Å²) in [5.41, 5.74) is 3.23. The Morgan fingerprint density at radius 3 is 2.96 bits per heavy atom. The third-order valence-electron chi connectivity index (χ3n) is 3.41. The van der Waals surface area contributed by atoms with Gasteiger partial charge in [-0.15, -0.1) is 0 Å². The lowest BCUT2D eigenvalue weighted by molar-refractivity contribution is 0.0945. The summed E-state index contributed by atoms with van der Waals surface area (Å²) in [5.74, 6) is -0.199. The largest absolute Gasteiger partial charge is 0.395 e. The average molecular weight is 310 g/mol. The highest BCUT2D eigenvalue weighted by atomic mass is 16.3. The Balaban J connectivity index is 1.67. The molecular weight excluding hydrogens is 292 g/mol. The van der Waals surface area contributed by atoms with E-state index in [0.29, 0.717) is 12.1 Å². The van der Waals surface area contributed by atoms with Crippen molar-refractivity contribution in [3.05, 3.63) is 66.1 Å². The van der Waals surface area contributed by atoms with E-state index < -0.39 is 0 Å². The second-order valence-electron chi connectivity index (χ2n) is 5.11. The van der Waals surface area contributed by atoms with Gasteiger partial charge in [-0.3, -0.25) is 4.79 Å². The summed E-state index contributed by atoms with van der Waals surface area (Å²) in [4.78, 5) is 16.4. The van der Waals surface area contributed by atoms with Gasteiger partial charge < -0.3 is 20.1 Å². The van der Waals surface area contributed by atoms with Crippen LogP contribution in [0.3, 0.4) is 0 Å². The van der Waals surface area contributed by atoms with Gasteiger partial charge in [0.05, 0.1) is 18.8 Å². The quantitative estimate of drug-likeness (QED) is 0.647. The third kappa shape index (κ3) is 3.67. The number of fused-ring (bicyclic) bond motifs is 1. The first kappa shape index (κ1) is 15.1. The normalized spacial score (nSPS) is 10.7. The molecule has 0 spiro atoms. The molecule has 1 aromatic carbocycles. The van der Waals surface area contributed by atoms with Crippen molar-refractivity contribution in [2.75, 3.05) is 18.5 Å². The summed E-state index contributed by atoms with van der Waals surface area (Å²) >= 11 is 0. The summed E-state index contributed by atoms with van der Waals surface area (Å²) in [6, 6.07) is 13.1. The van der Waals surface area contributed by atoms with Crippen LogP contribution >= 0.6 is 0 Å². The Morgan fingerprint density at radius 1 is 1.22 bits per heavy atom. The van der Waals surface area contributed by atoms with Crippen molar-refractivity contribution >= 4 is 17.2 Å². The lowest BCUT2D eigenvalue weighted by Gasteiger charge is -2.07. The molecular formula is C17H18N4O2. The van der Waals surface area contributed by atoms with Gasteiger partial charge in [-0.05, 0) is 30.3 Å². The molecule has 118 valence electrons. The molecule has 23 heavy (non-hydrogen) atoms. The molecule has 1 amide bonds. The van der Waals surface area contributed by atoms with Crippen molar-refractivity contribution in [3.63, 3.8) is 0 Å². The minimum atomic E-state index is -0.199. The zero-order chi connectivity index (χ0) is 16.1. The number of carbonyl (C=O) groups excluding carboxylic acids is 1. The van der Waals surface area contributed by atoms with E-state index in [9.17, 15) is 4.79 Å². The van der Waals surface area contributed by atoms with E-state index in [1.54, 1.807) is 12.1 Å². The fraction of sp³-hybridized carbons (Fsp3) is 0.176. The van der Waals surface area contributed by atoms with E-state index in [1.165, 1.54) is 0 Å². The Hall–Kier alpha value is -2.86. The fourth-order valence-electron chi connectivity index (χ4n) is 2.31. The minimum Gasteiger partial charge on any atom is -0.395 e. The molecule has 0 unspecified atom stereocenters. The number of imidazole rings is 1. The molecule has 0 saturated heterocycles. The number of aromatic nitrogens is 2. The van der Waals surface area contributed by atoms with Crippen molar-refractivity contribution in [2.45, 2.75) is 6.54 Å². The smallest absolute Gasteiger partial charge is 0.251 e. The second kappa shape index (κ2) is 6.93. The lowest BCUT2D eigenvalue weighted by atomic mass is 10.2. The van der Waals surface area contributed by atoms with E-state index in [1.807, 2.05) is 47.1 Å². The summed E-state index contributed by atoms with van der Waals surface area (Å²) < 4.78 is 1.97. The van der Waals surface area contributed by atoms with Crippen LogP contribution in [0.4, 0.5) is 5.69 Å². The lowest BCUT2D eigenvalue weighted by Crippen LogP contribution is -2.26. The van der Waals surface area contributed by atoms with Gasteiger partial charge in [-0.1, -0.05) is 12.1 Å². The molecule has 0 aliphatic carbocycles. The number of rotatable bonds is 6. The molecule has 0 aliphatic rings. The number of aliphatic hydroxyl groups is 1. The maximum Gasteiger partial charge on any atom is 0.251 e. The minimum absolute atomic E-state index is 0.0719. The predicted octanol–water partition coefficient (Wildman–Crippen LogP) is 1.67. The zero-order valence-corrected chi connectivity index (χ0v) is 12.6. The van der Waals surface area contributed by atoms with Crippen LogP contribution in [0.1, 0.15) is 16.1 Å². The maximum absolute atomic E-state index is 11.9. The number of anilines is 1. The first-order valence-corrected chi connectivity index (χ1v) is 7.42. The number of hydrogen-bond acceptors (Lipinski definition) is 4. The second-order valence-corrected chi connectivity index (χ2v) is 5.11. The molecule has 0 radical (unpaired) electrons. The molecule has 0 atom stereocenters. The van der Waals surface area contributed by atoms with Crippen molar-refractivity contribution in [2.24, 2.45) is 0 Å².